The Labute approximate surface area is 173 Å². The summed E-state index contributed by atoms with van der Waals surface area (Å²) in [7, 11) is 0. The number of piperidine rings is 1. The number of hydrogen-bond acceptors (Lipinski definition) is 1. The van der Waals surface area contributed by atoms with Gasteiger partial charge in [0.05, 0.1) is 0 Å². The van der Waals surface area contributed by atoms with Crippen molar-refractivity contribution in [1.82, 2.24) is 5.32 Å². The lowest BCUT2D eigenvalue weighted by Gasteiger charge is -2.46. The number of benzene rings is 3. The van der Waals surface area contributed by atoms with Gasteiger partial charge in [0.1, 0.15) is 0 Å². The van der Waals surface area contributed by atoms with Gasteiger partial charge in [0.25, 0.3) is 0 Å². The van der Waals surface area contributed by atoms with Crippen LogP contribution in [0.4, 0.5) is 0 Å². The molecular weight excluding hydrogens is 354 g/mol. The summed E-state index contributed by atoms with van der Waals surface area (Å²) in [6.45, 7) is 2.33. The van der Waals surface area contributed by atoms with E-state index in [4.69, 9.17) is 0 Å². The van der Waals surface area contributed by atoms with Crippen molar-refractivity contribution in [2.75, 3.05) is 0 Å². The molecule has 2 nitrogen and oxygen atoms in total. The maximum absolute atomic E-state index is 11.9. The third-order valence-corrected chi connectivity index (χ3v) is 7.02. The van der Waals surface area contributed by atoms with Crippen LogP contribution < -0.4 is 5.32 Å². The number of fused-ring (bicyclic) bond motifs is 3. The van der Waals surface area contributed by atoms with Gasteiger partial charge in [0.15, 0.2) is 0 Å². The van der Waals surface area contributed by atoms with Crippen LogP contribution in [0.5, 0.6) is 0 Å². The van der Waals surface area contributed by atoms with Crippen LogP contribution >= 0.6 is 0 Å². The van der Waals surface area contributed by atoms with Crippen molar-refractivity contribution in [3.05, 3.63) is 107 Å². The number of carbonyl (C=O) groups is 1. The van der Waals surface area contributed by atoms with E-state index in [0.717, 1.165) is 19.3 Å². The van der Waals surface area contributed by atoms with Crippen LogP contribution in [-0.2, 0) is 16.6 Å². The highest BCUT2D eigenvalue weighted by Gasteiger charge is 2.44. The monoisotopic (exact) mass is 381 g/mol. The van der Waals surface area contributed by atoms with Crippen LogP contribution in [0.15, 0.2) is 78.9 Å². The van der Waals surface area contributed by atoms with E-state index in [1.54, 1.807) is 0 Å². The topological polar surface area (TPSA) is 29.1 Å². The van der Waals surface area contributed by atoms with Gasteiger partial charge in [-0.3, -0.25) is 4.79 Å². The molecular formula is C27H27NO. The highest BCUT2D eigenvalue weighted by molar-refractivity contribution is 5.78. The molecule has 3 aromatic rings. The Hall–Kier alpha value is -2.87. The first kappa shape index (κ1) is 18.2. The minimum Gasteiger partial charge on any atom is -0.352 e. The number of carbonyl (C=O) groups excluding carboxylic acids is 1. The van der Waals surface area contributed by atoms with Crippen LogP contribution in [0, 0.1) is 0 Å². The first-order valence-corrected chi connectivity index (χ1v) is 10.7. The lowest BCUT2D eigenvalue weighted by Crippen LogP contribution is -2.55. The Bertz CT molecular complexity index is 987. The van der Waals surface area contributed by atoms with E-state index in [2.05, 4.69) is 91.1 Å². The normalized spacial score (nSPS) is 23.2. The van der Waals surface area contributed by atoms with Crippen molar-refractivity contribution in [2.45, 2.75) is 50.0 Å². The molecule has 2 heteroatoms. The van der Waals surface area contributed by atoms with Crippen LogP contribution in [0.2, 0.25) is 0 Å². The van der Waals surface area contributed by atoms with Gasteiger partial charge in [-0.05, 0) is 47.1 Å². The van der Waals surface area contributed by atoms with Gasteiger partial charge in [-0.2, -0.15) is 0 Å². The molecule has 1 aliphatic carbocycles. The predicted molar refractivity (Wildman–Crippen MR) is 117 cm³/mol. The van der Waals surface area contributed by atoms with Crippen LogP contribution in [0.3, 0.4) is 0 Å². The molecule has 1 amide bonds. The summed E-state index contributed by atoms with van der Waals surface area (Å²) < 4.78 is 0. The number of amides is 1. The fourth-order valence-electron chi connectivity index (χ4n) is 5.41. The van der Waals surface area contributed by atoms with Gasteiger partial charge >= 0.3 is 0 Å². The largest absolute Gasteiger partial charge is 0.352 e. The molecule has 0 aromatic heterocycles. The molecule has 146 valence electrons. The Kier molecular flexibility index (Phi) is 4.50. The average Bonchev–Trinajstić information content (AvgIpc) is 2.76. The third kappa shape index (κ3) is 3.17. The minimum atomic E-state index is 0.0506. The van der Waals surface area contributed by atoms with Gasteiger partial charge in [0, 0.05) is 23.8 Å². The minimum absolute atomic E-state index is 0.0506. The SMILES string of the molecule is C[C@]12CCC(=O)N[C@@H]1CCc1cc(C(c3ccccc3)c3ccccc3)ccc12. The number of rotatable bonds is 3. The average molecular weight is 382 g/mol. The van der Waals surface area contributed by atoms with Gasteiger partial charge in [0.2, 0.25) is 5.91 Å². The second-order valence-corrected chi connectivity index (χ2v) is 8.75. The molecule has 1 aliphatic heterocycles. The molecule has 0 radical (unpaired) electrons. The molecule has 2 aliphatic rings. The molecule has 1 fully saturated rings. The molecule has 1 N–H and O–H groups in total. The maximum atomic E-state index is 11.9. The van der Waals surface area contributed by atoms with Gasteiger partial charge in [-0.15, -0.1) is 0 Å². The molecule has 3 aromatic carbocycles. The zero-order valence-electron chi connectivity index (χ0n) is 16.9. The summed E-state index contributed by atoms with van der Waals surface area (Å²) in [6, 6.07) is 28.9. The van der Waals surface area contributed by atoms with Crippen molar-refractivity contribution in [3.63, 3.8) is 0 Å². The van der Waals surface area contributed by atoms with E-state index in [1.165, 1.54) is 27.8 Å². The number of hydrogen-bond donors (Lipinski definition) is 1. The molecule has 1 saturated heterocycles. The Morgan fingerprint density at radius 2 is 1.52 bits per heavy atom. The standard InChI is InChI=1S/C27H27NO/c1-27-17-16-25(29)28-24(27)15-13-21-18-22(12-14-23(21)27)26(19-8-4-2-5-9-19)20-10-6-3-7-11-20/h2-12,14,18,24,26H,13,15-17H2,1H3,(H,28,29)/t24-,27-/m1/s1. The van der Waals surface area contributed by atoms with Gasteiger partial charge < -0.3 is 5.32 Å². The fraction of sp³-hybridized carbons (Fsp3) is 0.296. The van der Waals surface area contributed by atoms with Crippen molar-refractivity contribution >= 4 is 5.91 Å². The van der Waals surface area contributed by atoms with E-state index in [9.17, 15) is 4.79 Å². The van der Waals surface area contributed by atoms with Crippen LogP contribution in [0.25, 0.3) is 0 Å². The molecule has 5 rings (SSSR count). The first-order valence-electron chi connectivity index (χ1n) is 10.7. The Balaban J connectivity index is 1.59. The van der Waals surface area contributed by atoms with E-state index >= 15 is 0 Å². The van der Waals surface area contributed by atoms with E-state index < -0.39 is 0 Å². The Morgan fingerprint density at radius 3 is 2.17 bits per heavy atom. The van der Waals surface area contributed by atoms with E-state index in [-0.39, 0.29) is 23.3 Å². The molecule has 0 spiro atoms. The fourth-order valence-corrected chi connectivity index (χ4v) is 5.41. The van der Waals surface area contributed by atoms with E-state index in [1.807, 2.05) is 0 Å². The quantitative estimate of drug-likeness (QED) is 0.609. The van der Waals surface area contributed by atoms with Crippen molar-refractivity contribution < 1.29 is 4.79 Å². The Morgan fingerprint density at radius 1 is 0.862 bits per heavy atom. The van der Waals surface area contributed by atoms with Crippen LogP contribution in [-0.4, -0.2) is 11.9 Å². The predicted octanol–water partition coefficient (Wildman–Crippen LogP) is 5.35. The zero-order chi connectivity index (χ0) is 19.8. The first-order chi connectivity index (χ1) is 14.1. The highest BCUT2D eigenvalue weighted by atomic mass is 16.1. The second kappa shape index (κ2) is 7.18. The molecule has 0 saturated carbocycles. The van der Waals surface area contributed by atoms with Crippen LogP contribution in [0.1, 0.15) is 59.9 Å². The summed E-state index contributed by atoms with van der Waals surface area (Å²) in [4.78, 5) is 11.9. The number of nitrogens with one attached hydrogen (secondary N) is 1. The molecule has 29 heavy (non-hydrogen) atoms. The molecule has 2 atom stereocenters. The second-order valence-electron chi connectivity index (χ2n) is 8.75. The van der Waals surface area contributed by atoms with Crippen molar-refractivity contribution in [1.29, 1.82) is 0 Å². The zero-order valence-corrected chi connectivity index (χ0v) is 16.9. The number of aryl methyl sites for hydroxylation is 1. The molecule has 0 bridgehead atoms. The smallest absolute Gasteiger partial charge is 0.220 e. The molecule has 0 unspecified atom stereocenters. The third-order valence-electron chi connectivity index (χ3n) is 7.02. The van der Waals surface area contributed by atoms with E-state index in [0.29, 0.717) is 6.42 Å². The summed E-state index contributed by atoms with van der Waals surface area (Å²) in [5.74, 6) is 0.444. The maximum Gasteiger partial charge on any atom is 0.220 e. The lowest BCUT2D eigenvalue weighted by atomic mass is 9.63. The summed E-state index contributed by atoms with van der Waals surface area (Å²) >= 11 is 0. The van der Waals surface area contributed by atoms with Gasteiger partial charge in [-0.1, -0.05) is 85.8 Å². The molecule has 1 heterocycles. The summed E-state index contributed by atoms with van der Waals surface area (Å²) in [5.41, 5.74) is 6.93. The lowest BCUT2D eigenvalue weighted by molar-refractivity contribution is -0.125. The summed E-state index contributed by atoms with van der Waals surface area (Å²) in [5, 5.41) is 3.25. The van der Waals surface area contributed by atoms with Crippen molar-refractivity contribution in [2.24, 2.45) is 0 Å². The van der Waals surface area contributed by atoms with Crippen molar-refractivity contribution in [3.8, 4) is 0 Å². The highest BCUT2D eigenvalue weighted by Crippen LogP contribution is 2.44. The van der Waals surface area contributed by atoms with Gasteiger partial charge in [-0.25, -0.2) is 0 Å². The summed E-state index contributed by atoms with van der Waals surface area (Å²) in [6.07, 6.45) is 3.63.